The SMILES string of the molecule is c1ccc2c(N3CCOc4ccc(-c5ccc6nc[nH]c6c5)cc4C3)ccnc2c1. The van der Waals surface area contributed by atoms with Crippen molar-refractivity contribution in [2.75, 3.05) is 18.1 Å². The number of benzene rings is 3. The number of imidazole rings is 1. The van der Waals surface area contributed by atoms with Crippen LogP contribution < -0.4 is 9.64 Å². The van der Waals surface area contributed by atoms with E-state index >= 15 is 0 Å². The third kappa shape index (κ3) is 2.87. The summed E-state index contributed by atoms with van der Waals surface area (Å²) in [6.07, 6.45) is 3.62. The minimum atomic E-state index is 0.656. The van der Waals surface area contributed by atoms with E-state index in [0.717, 1.165) is 35.4 Å². The van der Waals surface area contributed by atoms with E-state index in [1.165, 1.54) is 27.8 Å². The Morgan fingerprint density at radius 2 is 1.77 bits per heavy atom. The standard InChI is InChI=1S/C25H20N4O/c1-2-4-21-20(3-1)24(9-10-26-21)29-11-12-30-25-8-6-17(13-19(25)15-29)18-5-7-22-23(14-18)28-16-27-22/h1-10,13-14,16H,11-12,15H2,(H,27,28). The molecule has 146 valence electrons. The first kappa shape index (κ1) is 17.0. The first-order valence-electron chi connectivity index (χ1n) is 10.1. The summed E-state index contributed by atoms with van der Waals surface area (Å²) in [5.41, 5.74) is 7.77. The molecule has 0 radical (unpaired) electrons. The lowest BCUT2D eigenvalue weighted by atomic mass is 10.0. The van der Waals surface area contributed by atoms with Crippen molar-refractivity contribution in [2.45, 2.75) is 6.54 Å². The molecule has 1 aliphatic heterocycles. The first-order chi connectivity index (χ1) is 14.8. The molecule has 0 fully saturated rings. The predicted molar refractivity (Wildman–Crippen MR) is 120 cm³/mol. The molecule has 0 atom stereocenters. The van der Waals surface area contributed by atoms with Crippen LogP contribution >= 0.6 is 0 Å². The van der Waals surface area contributed by atoms with Gasteiger partial charge in [-0.05, 0) is 47.5 Å². The van der Waals surface area contributed by atoms with Gasteiger partial charge in [-0.25, -0.2) is 4.98 Å². The summed E-state index contributed by atoms with van der Waals surface area (Å²) in [4.78, 5) is 14.4. The molecule has 6 rings (SSSR count). The molecule has 0 saturated heterocycles. The van der Waals surface area contributed by atoms with Gasteiger partial charge in [-0.15, -0.1) is 0 Å². The lowest BCUT2D eigenvalue weighted by Gasteiger charge is -2.23. The molecule has 0 saturated carbocycles. The van der Waals surface area contributed by atoms with Crippen LogP contribution in [0.4, 0.5) is 5.69 Å². The Balaban J connectivity index is 1.40. The summed E-state index contributed by atoms with van der Waals surface area (Å²) in [5.74, 6) is 0.960. The molecule has 30 heavy (non-hydrogen) atoms. The van der Waals surface area contributed by atoms with Crippen molar-refractivity contribution >= 4 is 27.6 Å². The number of pyridine rings is 1. The average molecular weight is 392 g/mol. The number of nitrogens with one attached hydrogen (secondary N) is 1. The molecular formula is C25H20N4O. The molecule has 0 unspecified atom stereocenters. The highest BCUT2D eigenvalue weighted by Crippen LogP contribution is 2.33. The number of ether oxygens (including phenoxy) is 1. The molecular weight excluding hydrogens is 372 g/mol. The van der Waals surface area contributed by atoms with Crippen molar-refractivity contribution < 1.29 is 4.74 Å². The van der Waals surface area contributed by atoms with E-state index in [-0.39, 0.29) is 0 Å². The molecule has 2 aromatic heterocycles. The summed E-state index contributed by atoms with van der Waals surface area (Å²) >= 11 is 0. The Hall–Kier alpha value is -3.86. The maximum absolute atomic E-state index is 6.09. The summed E-state index contributed by atoms with van der Waals surface area (Å²) in [7, 11) is 0. The Morgan fingerprint density at radius 1 is 0.867 bits per heavy atom. The van der Waals surface area contributed by atoms with Gasteiger partial charge >= 0.3 is 0 Å². The van der Waals surface area contributed by atoms with Gasteiger partial charge in [-0.2, -0.15) is 0 Å². The van der Waals surface area contributed by atoms with Crippen molar-refractivity contribution in [3.63, 3.8) is 0 Å². The fourth-order valence-corrected chi connectivity index (χ4v) is 4.25. The van der Waals surface area contributed by atoms with Crippen LogP contribution in [0.15, 0.2) is 79.3 Å². The number of para-hydroxylation sites is 1. The summed E-state index contributed by atoms with van der Waals surface area (Å²) in [6, 6.07) is 23.2. The van der Waals surface area contributed by atoms with Crippen LogP contribution in [0, 0.1) is 0 Å². The Kier molecular flexibility index (Phi) is 3.91. The quantitative estimate of drug-likeness (QED) is 0.450. The molecule has 0 aliphatic carbocycles. The number of hydrogen-bond donors (Lipinski definition) is 1. The zero-order valence-electron chi connectivity index (χ0n) is 16.4. The number of rotatable bonds is 2. The van der Waals surface area contributed by atoms with Crippen LogP contribution in [0.25, 0.3) is 33.1 Å². The minimum Gasteiger partial charge on any atom is -0.491 e. The predicted octanol–water partition coefficient (Wildman–Crippen LogP) is 5.18. The van der Waals surface area contributed by atoms with Gasteiger partial charge < -0.3 is 14.6 Å². The van der Waals surface area contributed by atoms with Crippen LogP contribution in [0.5, 0.6) is 5.75 Å². The monoisotopic (exact) mass is 392 g/mol. The van der Waals surface area contributed by atoms with Gasteiger partial charge in [0.2, 0.25) is 0 Å². The molecule has 0 amide bonds. The number of fused-ring (bicyclic) bond motifs is 3. The lowest BCUT2D eigenvalue weighted by molar-refractivity contribution is 0.332. The first-order valence-corrected chi connectivity index (χ1v) is 10.1. The Labute approximate surface area is 174 Å². The van der Waals surface area contributed by atoms with Gasteiger partial charge in [0.15, 0.2) is 0 Å². The summed E-state index contributed by atoms with van der Waals surface area (Å²) in [5, 5.41) is 1.17. The second-order valence-corrected chi connectivity index (χ2v) is 7.57. The number of H-pyrrole nitrogens is 1. The summed E-state index contributed by atoms with van der Waals surface area (Å²) in [6.45, 7) is 2.28. The number of anilines is 1. The number of aromatic nitrogens is 3. The molecule has 5 heteroatoms. The van der Waals surface area contributed by atoms with Crippen molar-refractivity contribution in [1.82, 2.24) is 15.0 Å². The van der Waals surface area contributed by atoms with Crippen molar-refractivity contribution in [3.8, 4) is 16.9 Å². The van der Waals surface area contributed by atoms with Crippen molar-refractivity contribution in [2.24, 2.45) is 0 Å². The highest BCUT2D eigenvalue weighted by Gasteiger charge is 2.18. The van der Waals surface area contributed by atoms with Gasteiger partial charge in [-0.1, -0.05) is 30.3 Å². The van der Waals surface area contributed by atoms with E-state index in [0.29, 0.717) is 6.61 Å². The van der Waals surface area contributed by atoms with E-state index in [4.69, 9.17) is 4.74 Å². The fourth-order valence-electron chi connectivity index (χ4n) is 4.25. The van der Waals surface area contributed by atoms with Crippen molar-refractivity contribution in [1.29, 1.82) is 0 Å². The normalized spacial score (nSPS) is 13.8. The molecule has 5 nitrogen and oxygen atoms in total. The van der Waals surface area contributed by atoms with Crippen LogP contribution in [0.2, 0.25) is 0 Å². The van der Waals surface area contributed by atoms with Crippen molar-refractivity contribution in [3.05, 3.63) is 84.8 Å². The van der Waals surface area contributed by atoms with E-state index < -0.39 is 0 Å². The highest BCUT2D eigenvalue weighted by molar-refractivity contribution is 5.91. The highest BCUT2D eigenvalue weighted by atomic mass is 16.5. The molecule has 3 heterocycles. The third-order valence-corrected chi connectivity index (χ3v) is 5.76. The number of hydrogen-bond acceptors (Lipinski definition) is 4. The van der Waals surface area contributed by atoms with Crippen LogP contribution in [0.3, 0.4) is 0 Å². The Morgan fingerprint density at radius 3 is 2.77 bits per heavy atom. The van der Waals surface area contributed by atoms with E-state index in [9.17, 15) is 0 Å². The van der Waals surface area contributed by atoms with Gasteiger partial charge in [-0.3, -0.25) is 4.98 Å². The zero-order valence-corrected chi connectivity index (χ0v) is 16.4. The van der Waals surface area contributed by atoms with E-state index in [1.54, 1.807) is 6.33 Å². The second-order valence-electron chi connectivity index (χ2n) is 7.57. The maximum Gasteiger partial charge on any atom is 0.124 e. The number of nitrogens with zero attached hydrogens (tertiary/aromatic N) is 3. The van der Waals surface area contributed by atoms with Gasteiger partial charge in [0, 0.05) is 29.4 Å². The fraction of sp³-hybridized carbons (Fsp3) is 0.120. The minimum absolute atomic E-state index is 0.656. The van der Waals surface area contributed by atoms with Gasteiger partial charge in [0.05, 0.1) is 29.4 Å². The second kappa shape index (κ2) is 6.88. The molecule has 1 N–H and O–H groups in total. The number of aromatic amines is 1. The van der Waals surface area contributed by atoms with Crippen LogP contribution in [0.1, 0.15) is 5.56 Å². The molecule has 1 aliphatic rings. The molecule has 3 aromatic carbocycles. The molecule has 0 bridgehead atoms. The smallest absolute Gasteiger partial charge is 0.124 e. The lowest BCUT2D eigenvalue weighted by Crippen LogP contribution is -2.25. The van der Waals surface area contributed by atoms with Gasteiger partial charge in [0.1, 0.15) is 12.4 Å². The largest absolute Gasteiger partial charge is 0.491 e. The zero-order chi connectivity index (χ0) is 19.9. The van der Waals surface area contributed by atoms with E-state index in [2.05, 4.69) is 80.5 Å². The topological polar surface area (TPSA) is 54.0 Å². The van der Waals surface area contributed by atoms with Crippen LogP contribution in [-0.2, 0) is 6.54 Å². The average Bonchev–Trinajstić information content (AvgIpc) is 3.16. The maximum atomic E-state index is 6.09. The van der Waals surface area contributed by atoms with Gasteiger partial charge in [0.25, 0.3) is 0 Å². The third-order valence-electron chi connectivity index (χ3n) is 5.76. The van der Waals surface area contributed by atoms with Crippen LogP contribution in [-0.4, -0.2) is 28.1 Å². The molecule has 5 aromatic rings. The molecule has 0 spiro atoms. The summed E-state index contributed by atoms with van der Waals surface area (Å²) < 4.78 is 6.09. The van der Waals surface area contributed by atoms with E-state index in [1.807, 2.05) is 12.3 Å². The Bertz CT molecular complexity index is 1370.